The highest BCUT2D eigenvalue weighted by Gasteiger charge is 2.33. The van der Waals surface area contributed by atoms with Crippen LogP contribution in [0.2, 0.25) is 0 Å². The molecule has 5 aromatic rings. The molecule has 188 valence electrons. The topological polar surface area (TPSA) is 66.1 Å². The summed E-state index contributed by atoms with van der Waals surface area (Å²) in [6.45, 7) is 3.53. The van der Waals surface area contributed by atoms with E-state index < -0.39 is 0 Å². The van der Waals surface area contributed by atoms with Crippen molar-refractivity contribution in [1.29, 1.82) is 0 Å². The van der Waals surface area contributed by atoms with Gasteiger partial charge in [-0.1, -0.05) is 84.1 Å². The van der Waals surface area contributed by atoms with Crippen molar-refractivity contribution in [3.63, 3.8) is 0 Å². The largest absolute Gasteiger partial charge is 0.497 e. The molecule has 1 atom stereocenters. The number of nitrogens with zero attached hydrogens (tertiary/aromatic N) is 5. The van der Waals surface area contributed by atoms with Gasteiger partial charge >= 0.3 is 0 Å². The number of fused-ring (bicyclic) bond motifs is 1. The summed E-state index contributed by atoms with van der Waals surface area (Å²) in [5, 5.41) is 15.3. The molecule has 1 N–H and O–H groups in total. The fourth-order valence-corrected chi connectivity index (χ4v) is 6.42. The Morgan fingerprint density at radius 3 is 1.84 bits per heavy atom. The third-order valence-corrected chi connectivity index (χ3v) is 8.22. The summed E-state index contributed by atoms with van der Waals surface area (Å²) in [6.07, 6.45) is 1.48. The van der Waals surface area contributed by atoms with E-state index in [2.05, 4.69) is 92.7 Å². The van der Waals surface area contributed by atoms with Gasteiger partial charge in [0.05, 0.1) is 24.1 Å². The SMILES string of the molecule is COc1ccc([C@@H](c2sc3ncnn3c2O)N2CCN(C(c3ccccc3)c3ccccc3)CC2)cc1. The van der Waals surface area contributed by atoms with Crippen LogP contribution in [0, 0.1) is 0 Å². The van der Waals surface area contributed by atoms with Gasteiger partial charge in [-0.05, 0) is 28.8 Å². The zero-order valence-electron chi connectivity index (χ0n) is 20.6. The Kier molecular flexibility index (Phi) is 6.61. The molecule has 0 unspecified atom stereocenters. The Morgan fingerprint density at radius 2 is 1.30 bits per heavy atom. The summed E-state index contributed by atoms with van der Waals surface area (Å²) < 4.78 is 6.91. The van der Waals surface area contributed by atoms with Crippen LogP contribution >= 0.6 is 11.3 Å². The van der Waals surface area contributed by atoms with Crippen LogP contribution in [0.3, 0.4) is 0 Å². The first-order valence-corrected chi connectivity index (χ1v) is 13.3. The van der Waals surface area contributed by atoms with Crippen LogP contribution in [0.5, 0.6) is 11.6 Å². The molecule has 0 bridgehead atoms. The van der Waals surface area contributed by atoms with Crippen molar-refractivity contribution in [3.8, 4) is 11.6 Å². The number of ether oxygens (including phenoxy) is 1. The van der Waals surface area contributed by atoms with E-state index in [-0.39, 0.29) is 18.0 Å². The highest BCUT2D eigenvalue weighted by molar-refractivity contribution is 7.17. The molecular formula is C29H29N5O2S. The lowest BCUT2D eigenvalue weighted by molar-refractivity contribution is 0.0899. The number of thiazole rings is 1. The summed E-state index contributed by atoms with van der Waals surface area (Å²) in [4.78, 5) is 10.9. The number of aromatic nitrogens is 3. The first-order chi connectivity index (χ1) is 18.2. The van der Waals surface area contributed by atoms with E-state index in [9.17, 15) is 5.11 Å². The van der Waals surface area contributed by atoms with Crippen molar-refractivity contribution in [2.75, 3.05) is 33.3 Å². The lowest BCUT2D eigenvalue weighted by Gasteiger charge is -2.42. The van der Waals surface area contributed by atoms with Gasteiger partial charge < -0.3 is 9.84 Å². The molecule has 37 heavy (non-hydrogen) atoms. The smallest absolute Gasteiger partial charge is 0.230 e. The van der Waals surface area contributed by atoms with Gasteiger partial charge in [-0.2, -0.15) is 9.61 Å². The lowest BCUT2D eigenvalue weighted by Crippen LogP contribution is -2.49. The Morgan fingerprint density at radius 1 is 0.757 bits per heavy atom. The van der Waals surface area contributed by atoms with Crippen molar-refractivity contribution in [3.05, 3.63) is 113 Å². The summed E-state index contributed by atoms with van der Waals surface area (Å²) >= 11 is 1.49. The molecule has 0 radical (unpaired) electrons. The summed E-state index contributed by atoms with van der Waals surface area (Å²) in [7, 11) is 1.67. The highest BCUT2D eigenvalue weighted by Crippen LogP contribution is 2.41. The van der Waals surface area contributed by atoms with Crippen LogP contribution in [0.1, 0.15) is 33.7 Å². The number of hydrogen-bond acceptors (Lipinski definition) is 7. The van der Waals surface area contributed by atoms with E-state index in [1.165, 1.54) is 33.3 Å². The second-order valence-corrected chi connectivity index (χ2v) is 10.2. The van der Waals surface area contributed by atoms with Gasteiger partial charge in [0.25, 0.3) is 0 Å². The van der Waals surface area contributed by atoms with Crippen molar-refractivity contribution < 1.29 is 9.84 Å². The van der Waals surface area contributed by atoms with Crippen molar-refractivity contribution in [2.45, 2.75) is 12.1 Å². The van der Waals surface area contributed by atoms with Crippen LogP contribution in [0.25, 0.3) is 4.96 Å². The van der Waals surface area contributed by atoms with Crippen molar-refractivity contribution in [1.82, 2.24) is 24.4 Å². The van der Waals surface area contributed by atoms with Crippen molar-refractivity contribution in [2.24, 2.45) is 0 Å². The minimum atomic E-state index is -0.103. The number of hydrogen-bond donors (Lipinski definition) is 1. The molecular weight excluding hydrogens is 482 g/mol. The average molecular weight is 512 g/mol. The normalized spacial score (nSPS) is 15.8. The lowest BCUT2D eigenvalue weighted by atomic mass is 9.96. The molecule has 0 saturated carbocycles. The minimum Gasteiger partial charge on any atom is -0.497 e. The predicted molar refractivity (Wildman–Crippen MR) is 145 cm³/mol. The molecule has 2 aromatic heterocycles. The standard InChI is InChI=1S/C29H29N5O2S/c1-36-24-14-12-23(13-15-24)26(27-28(35)34-29(37-27)30-20-31-34)33-18-16-32(17-19-33)25(21-8-4-2-5-9-21)22-10-6-3-7-11-22/h2-15,20,25-26,35H,16-19H2,1H3/t26-/m0/s1. The third-order valence-electron chi connectivity index (χ3n) is 7.13. The van der Waals surface area contributed by atoms with Gasteiger partial charge in [0.2, 0.25) is 10.8 Å². The summed E-state index contributed by atoms with van der Waals surface area (Å²) in [5.74, 6) is 0.972. The van der Waals surface area contributed by atoms with E-state index in [4.69, 9.17) is 4.74 Å². The molecule has 7 nitrogen and oxygen atoms in total. The maximum absolute atomic E-state index is 11.1. The molecule has 3 aromatic carbocycles. The van der Waals surface area contributed by atoms with E-state index in [1.54, 1.807) is 7.11 Å². The molecule has 1 fully saturated rings. The van der Waals surface area contributed by atoms with Gasteiger partial charge in [-0.25, -0.2) is 4.98 Å². The second kappa shape index (κ2) is 10.3. The Balaban J connectivity index is 1.31. The van der Waals surface area contributed by atoms with E-state index in [0.717, 1.165) is 42.4 Å². The van der Waals surface area contributed by atoms with Crippen molar-refractivity contribution >= 4 is 16.3 Å². The minimum absolute atomic E-state index is 0.103. The average Bonchev–Trinajstić information content (AvgIpc) is 3.54. The quantitative estimate of drug-likeness (QED) is 0.332. The van der Waals surface area contributed by atoms with Crippen LogP contribution in [-0.2, 0) is 0 Å². The molecule has 1 aliphatic heterocycles. The number of aromatic hydroxyl groups is 1. The zero-order valence-corrected chi connectivity index (χ0v) is 21.5. The van der Waals surface area contributed by atoms with E-state index in [1.807, 2.05) is 12.1 Å². The second-order valence-electron chi connectivity index (χ2n) is 9.22. The Hall–Kier alpha value is -3.72. The molecule has 1 aliphatic rings. The number of benzene rings is 3. The molecule has 6 rings (SSSR count). The molecule has 0 amide bonds. The first kappa shape index (κ1) is 23.7. The van der Waals surface area contributed by atoms with Gasteiger partial charge in [0.1, 0.15) is 12.1 Å². The van der Waals surface area contributed by atoms with E-state index in [0.29, 0.717) is 4.96 Å². The summed E-state index contributed by atoms with van der Waals surface area (Å²) in [5.41, 5.74) is 3.71. The molecule has 1 saturated heterocycles. The predicted octanol–water partition coefficient (Wildman–Crippen LogP) is 5.00. The first-order valence-electron chi connectivity index (χ1n) is 12.5. The molecule has 3 heterocycles. The highest BCUT2D eigenvalue weighted by atomic mass is 32.1. The van der Waals surface area contributed by atoms with Gasteiger partial charge in [0, 0.05) is 26.2 Å². The molecule has 0 spiro atoms. The fraction of sp³-hybridized carbons (Fsp3) is 0.241. The van der Waals surface area contributed by atoms with Gasteiger partial charge in [-0.3, -0.25) is 9.80 Å². The zero-order chi connectivity index (χ0) is 25.2. The summed E-state index contributed by atoms with van der Waals surface area (Å²) in [6, 6.07) is 29.7. The van der Waals surface area contributed by atoms with Crippen LogP contribution in [-0.4, -0.2) is 62.8 Å². The number of rotatable bonds is 7. The maximum Gasteiger partial charge on any atom is 0.230 e. The Bertz CT molecular complexity index is 1410. The monoisotopic (exact) mass is 511 g/mol. The van der Waals surface area contributed by atoms with Crippen LogP contribution in [0.4, 0.5) is 0 Å². The van der Waals surface area contributed by atoms with Crippen LogP contribution in [0.15, 0.2) is 91.3 Å². The molecule has 0 aliphatic carbocycles. The van der Waals surface area contributed by atoms with Crippen LogP contribution < -0.4 is 4.74 Å². The number of methoxy groups -OCH3 is 1. The maximum atomic E-state index is 11.1. The third kappa shape index (κ3) is 4.59. The van der Waals surface area contributed by atoms with Gasteiger partial charge in [0.15, 0.2) is 0 Å². The fourth-order valence-electron chi connectivity index (χ4n) is 5.33. The van der Waals surface area contributed by atoms with Gasteiger partial charge in [-0.15, -0.1) is 0 Å². The number of piperazine rings is 1. The van der Waals surface area contributed by atoms with E-state index >= 15 is 0 Å². The molecule has 8 heteroatoms. The Labute approximate surface area is 220 Å².